The summed E-state index contributed by atoms with van der Waals surface area (Å²) >= 11 is 0. The Balaban J connectivity index is 1.60. The molecule has 1 amide bonds. The zero-order valence-corrected chi connectivity index (χ0v) is 13.6. The minimum atomic E-state index is 0.0189. The fraction of sp³-hybridized carbons (Fsp3) is 0.588. The number of nitrogens with zero attached hydrogens (tertiary/aromatic N) is 3. The highest BCUT2D eigenvalue weighted by Crippen LogP contribution is 2.25. The predicted molar refractivity (Wildman–Crippen MR) is 88.1 cm³/mol. The fourth-order valence-corrected chi connectivity index (χ4v) is 3.40. The zero-order valence-electron chi connectivity index (χ0n) is 13.6. The number of allylic oxidation sites excluding steroid dienone is 1. The number of anilines is 1. The van der Waals surface area contributed by atoms with E-state index < -0.39 is 0 Å². The highest BCUT2D eigenvalue weighted by atomic mass is 16.5. The quantitative estimate of drug-likeness (QED) is 0.837. The third-order valence-corrected chi connectivity index (χ3v) is 4.66. The van der Waals surface area contributed by atoms with E-state index in [1.54, 1.807) is 25.7 Å². The van der Waals surface area contributed by atoms with E-state index in [4.69, 9.17) is 4.74 Å². The first-order valence-electron chi connectivity index (χ1n) is 8.29. The second kappa shape index (κ2) is 7.55. The number of amides is 1. The Kier molecular flexibility index (Phi) is 5.23. The van der Waals surface area contributed by atoms with Crippen LogP contribution in [0.1, 0.15) is 32.1 Å². The molecule has 2 heterocycles. The van der Waals surface area contributed by atoms with E-state index >= 15 is 0 Å². The maximum Gasteiger partial charge on any atom is 0.244 e. The van der Waals surface area contributed by atoms with Gasteiger partial charge in [-0.3, -0.25) is 4.79 Å². The summed E-state index contributed by atoms with van der Waals surface area (Å²) in [4.78, 5) is 22.6. The number of aromatic nitrogens is 2. The van der Waals surface area contributed by atoms with Crippen molar-refractivity contribution in [1.29, 1.82) is 0 Å². The van der Waals surface area contributed by atoms with Gasteiger partial charge in [-0.2, -0.15) is 0 Å². The Morgan fingerprint density at radius 2 is 2.30 bits per heavy atom. The van der Waals surface area contributed by atoms with Gasteiger partial charge in [0.15, 0.2) is 0 Å². The van der Waals surface area contributed by atoms with Gasteiger partial charge in [-0.05, 0) is 38.2 Å². The number of rotatable bonds is 5. The molecule has 2 aliphatic rings. The number of hydrogen-bond acceptors (Lipinski definition) is 5. The molecule has 3 rings (SSSR count). The third-order valence-electron chi connectivity index (χ3n) is 4.66. The van der Waals surface area contributed by atoms with Crippen molar-refractivity contribution in [3.8, 4) is 0 Å². The van der Waals surface area contributed by atoms with Crippen LogP contribution in [0.4, 0.5) is 5.82 Å². The number of ether oxygens (including phenoxy) is 1. The minimum Gasteiger partial charge on any atom is -0.380 e. The van der Waals surface area contributed by atoms with Gasteiger partial charge in [0.1, 0.15) is 12.1 Å². The summed E-state index contributed by atoms with van der Waals surface area (Å²) in [7, 11) is 1.73. The summed E-state index contributed by atoms with van der Waals surface area (Å²) in [6.07, 6.45) is 10.7. The Hall–Kier alpha value is -1.95. The lowest BCUT2D eigenvalue weighted by Gasteiger charge is -2.25. The number of carbonyl (C=O) groups excluding carboxylic acids is 1. The lowest BCUT2D eigenvalue weighted by Crippen LogP contribution is -2.40. The van der Waals surface area contributed by atoms with Crippen LogP contribution in [-0.4, -0.2) is 48.2 Å². The first-order valence-corrected chi connectivity index (χ1v) is 8.29. The standard InChI is InChI=1S/C17H24N4O2/c1-23-15-9-14(21(11-15)16-6-7-18-12-20-16)10-19-17(22)8-13-4-2-3-5-13/h6-8,12,14-15H,2-5,9-11H2,1H3,(H,19,22)/t14-,15-/m1/s1. The van der Waals surface area contributed by atoms with E-state index in [2.05, 4.69) is 20.2 Å². The second-order valence-corrected chi connectivity index (χ2v) is 6.22. The molecule has 0 radical (unpaired) electrons. The van der Waals surface area contributed by atoms with Crippen LogP contribution < -0.4 is 10.2 Å². The summed E-state index contributed by atoms with van der Waals surface area (Å²) in [6, 6.07) is 2.09. The number of methoxy groups -OCH3 is 1. The number of hydrogen-bond donors (Lipinski definition) is 1. The van der Waals surface area contributed by atoms with Gasteiger partial charge in [0, 0.05) is 32.5 Å². The number of nitrogens with one attached hydrogen (secondary N) is 1. The van der Waals surface area contributed by atoms with Crippen LogP contribution in [-0.2, 0) is 9.53 Å². The first kappa shape index (κ1) is 15.9. The Bertz CT molecular complexity index is 553. The van der Waals surface area contributed by atoms with Gasteiger partial charge in [0.2, 0.25) is 5.91 Å². The van der Waals surface area contributed by atoms with Crippen molar-refractivity contribution in [2.24, 2.45) is 0 Å². The van der Waals surface area contributed by atoms with E-state index in [0.717, 1.165) is 31.6 Å². The van der Waals surface area contributed by atoms with Gasteiger partial charge in [-0.15, -0.1) is 0 Å². The Morgan fingerprint density at radius 3 is 3.00 bits per heavy atom. The van der Waals surface area contributed by atoms with Crippen molar-refractivity contribution in [3.05, 3.63) is 30.2 Å². The van der Waals surface area contributed by atoms with Gasteiger partial charge in [-0.25, -0.2) is 9.97 Å². The summed E-state index contributed by atoms with van der Waals surface area (Å²) in [6.45, 7) is 1.39. The Morgan fingerprint density at radius 1 is 1.48 bits per heavy atom. The van der Waals surface area contributed by atoms with E-state index in [-0.39, 0.29) is 18.1 Å². The molecule has 1 aliphatic carbocycles. The van der Waals surface area contributed by atoms with E-state index in [0.29, 0.717) is 6.54 Å². The summed E-state index contributed by atoms with van der Waals surface area (Å²) in [5, 5.41) is 3.04. The molecule has 0 spiro atoms. The molecule has 124 valence electrons. The predicted octanol–water partition coefficient (Wildman–Crippen LogP) is 1.69. The molecule has 6 nitrogen and oxygen atoms in total. The molecule has 0 unspecified atom stereocenters. The first-order chi connectivity index (χ1) is 11.3. The van der Waals surface area contributed by atoms with E-state index in [1.165, 1.54) is 18.4 Å². The third kappa shape index (κ3) is 4.07. The number of carbonyl (C=O) groups is 1. The molecule has 1 aromatic heterocycles. The molecule has 6 heteroatoms. The summed E-state index contributed by atoms with van der Waals surface area (Å²) in [5.74, 6) is 0.901. The molecule has 0 aromatic carbocycles. The lowest BCUT2D eigenvalue weighted by atomic mass is 10.2. The average Bonchev–Trinajstić information content (AvgIpc) is 3.23. The molecule has 1 aliphatic heterocycles. The van der Waals surface area contributed by atoms with E-state index in [9.17, 15) is 4.79 Å². The Labute approximate surface area is 136 Å². The molecule has 1 aromatic rings. The van der Waals surface area contributed by atoms with Gasteiger partial charge in [0.25, 0.3) is 0 Å². The molecular weight excluding hydrogens is 292 g/mol. The summed E-state index contributed by atoms with van der Waals surface area (Å²) in [5.41, 5.74) is 1.27. The highest BCUT2D eigenvalue weighted by Gasteiger charge is 2.33. The van der Waals surface area contributed by atoms with E-state index in [1.807, 2.05) is 6.07 Å². The normalized spacial score (nSPS) is 24.0. The zero-order chi connectivity index (χ0) is 16.1. The molecule has 0 bridgehead atoms. The van der Waals surface area contributed by atoms with Crippen LogP contribution in [0.15, 0.2) is 30.2 Å². The van der Waals surface area contributed by atoms with Crippen LogP contribution in [0, 0.1) is 0 Å². The molecule has 23 heavy (non-hydrogen) atoms. The SMILES string of the molecule is CO[C@@H]1C[C@H](CNC(=O)C=C2CCCC2)N(c2ccncn2)C1. The molecule has 1 saturated heterocycles. The topological polar surface area (TPSA) is 67.3 Å². The highest BCUT2D eigenvalue weighted by molar-refractivity contribution is 5.88. The van der Waals surface area contributed by atoms with Crippen LogP contribution in [0.25, 0.3) is 0 Å². The molecule has 1 saturated carbocycles. The smallest absolute Gasteiger partial charge is 0.244 e. The van der Waals surface area contributed by atoms with Crippen molar-refractivity contribution in [3.63, 3.8) is 0 Å². The van der Waals surface area contributed by atoms with Crippen molar-refractivity contribution in [2.75, 3.05) is 25.1 Å². The molecular formula is C17H24N4O2. The van der Waals surface area contributed by atoms with Crippen LogP contribution in [0.5, 0.6) is 0 Å². The molecule has 2 atom stereocenters. The van der Waals surface area contributed by atoms with Gasteiger partial charge in [-0.1, -0.05) is 5.57 Å². The lowest BCUT2D eigenvalue weighted by molar-refractivity contribution is -0.116. The van der Waals surface area contributed by atoms with Gasteiger partial charge in [0.05, 0.1) is 12.1 Å². The minimum absolute atomic E-state index is 0.0189. The maximum absolute atomic E-state index is 12.1. The van der Waals surface area contributed by atoms with Gasteiger partial charge < -0.3 is 15.0 Å². The van der Waals surface area contributed by atoms with Crippen molar-refractivity contribution < 1.29 is 9.53 Å². The fourth-order valence-electron chi connectivity index (χ4n) is 3.40. The van der Waals surface area contributed by atoms with Crippen molar-refractivity contribution in [2.45, 2.75) is 44.2 Å². The molecule has 2 fully saturated rings. The second-order valence-electron chi connectivity index (χ2n) is 6.22. The van der Waals surface area contributed by atoms with Gasteiger partial charge >= 0.3 is 0 Å². The summed E-state index contributed by atoms with van der Waals surface area (Å²) < 4.78 is 5.50. The monoisotopic (exact) mass is 316 g/mol. The van der Waals surface area contributed by atoms with Crippen LogP contribution >= 0.6 is 0 Å². The van der Waals surface area contributed by atoms with Crippen LogP contribution in [0.2, 0.25) is 0 Å². The van der Waals surface area contributed by atoms with Crippen molar-refractivity contribution >= 4 is 11.7 Å². The largest absolute Gasteiger partial charge is 0.380 e. The average molecular weight is 316 g/mol. The van der Waals surface area contributed by atoms with Crippen LogP contribution in [0.3, 0.4) is 0 Å². The maximum atomic E-state index is 12.1. The molecule has 1 N–H and O–H groups in total. The van der Waals surface area contributed by atoms with Crippen molar-refractivity contribution in [1.82, 2.24) is 15.3 Å².